The zero-order chi connectivity index (χ0) is 30.9. The van der Waals surface area contributed by atoms with Crippen LogP contribution in [0.2, 0.25) is 0 Å². The molecular formula is C29H42N6O6S. The number of hydrogen-bond acceptors (Lipinski definition) is 6. The van der Waals surface area contributed by atoms with Gasteiger partial charge in [-0.2, -0.15) is 4.31 Å². The molecule has 0 aliphatic carbocycles. The summed E-state index contributed by atoms with van der Waals surface area (Å²) in [4.78, 5) is 41.3. The number of nitrogens with two attached hydrogens (primary N) is 1. The number of nitrogens with one attached hydrogen (secondary N) is 2. The van der Waals surface area contributed by atoms with Gasteiger partial charge < -0.3 is 26.0 Å². The molecule has 12 nitrogen and oxygen atoms in total. The van der Waals surface area contributed by atoms with E-state index in [0.29, 0.717) is 32.5 Å². The van der Waals surface area contributed by atoms with Crippen molar-refractivity contribution >= 4 is 44.5 Å². The first-order valence-corrected chi connectivity index (χ1v) is 15.7. The third-order valence-electron chi connectivity index (χ3n) is 7.53. The minimum atomic E-state index is -4.22. The number of carbonyl (C=O) groups is 3. The number of sulfonamides is 1. The van der Waals surface area contributed by atoms with E-state index in [2.05, 4.69) is 5.32 Å². The van der Waals surface area contributed by atoms with E-state index in [0.717, 1.165) is 27.9 Å². The molecule has 3 rings (SSSR count). The lowest BCUT2D eigenvalue weighted by molar-refractivity contribution is -0.138. The maximum Gasteiger partial charge on any atom is 0.305 e. The van der Waals surface area contributed by atoms with E-state index >= 15 is 0 Å². The number of likely N-dealkylation sites (tertiary alicyclic amines) is 1. The average Bonchev–Trinajstić information content (AvgIpc) is 2.96. The molecule has 2 aromatic rings. The van der Waals surface area contributed by atoms with Gasteiger partial charge in [-0.3, -0.25) is 19.8 Å². The van der Waals surface area contributed by atoms with Crippen LogP contribution in [0.5, 0.6) is 0 Å². The maximum absolute atomic E-state index is 14.1. The van der Waals surface area contributed by atoms with Gasteiger partial charge in [-0.1, -0.05) is 43.7 Å². The van der Waals surface area contributed by atoms with Crippen LogP contribution in [-0.4, -0.2) is 97.2 Å². The van der Waals surface area contributed by atoms with Gasteiger partial charge >= 0.3 is 5.97 Å². The number of piperidine rings is 1. The first kappa shape index (κ1) is 32.8. The minimum Gasteiger partial charge on any atom is -0.481 e. The number of carboxylic acids is 1. The van der Waals surface area contributed by atoms with Gasteiger partial charge in [-0.15, -0.1) is 0 Å². The standard InChI is InChI=1S/C29H42N6O6S/c1-3-4-16-35(42(40,41)24-12-11-22-9-5-6-10-23(22)17-24)25(28(39)32-14-13-27(37)38)18-26(36)33(2)19-21-8-7-15-34(20-21)29(30)31/h5-6,9-12,17,21,25H,3-4,7-8,13-16,18-20H2,1-2H3,(H3,30,31)(H,32,39)(H,37,38)/t21-,25+/m1/s1. The molecule has 0 unspecified atom stereocenters. The fourth-order valence-corrected chi connectivity index (χ4v) is 6.86. The Bertz CT molecular complexity index is 1380. The fraction of sp³-hybridized carbons (Fsp3) is 0.517. The number of rotatable bonds is 14. The van der Waals surface area contributed by atoms with Gasteiger partial charge in [0.25, 0.3) is 0 Å². The fourth-order valence-electron chi connectivity index (χ4n) is 5.20. The third-order valence-corrected chi connectivity index (χ3v) is 9.44. The minimum absolute atomic E-state index is 0.00738. The van der Waals surface area contributed by atoms with E-state index in [1.165, 1.54) is 11.0 Å². The number of guanidine groups is 1. The van der Waals surface area contributed by atoms with Crippen molar-refractivity contribution in [3.8, 4) is 0 Å². The SMILES string of the molecule is CCCCN([C@@H](CC(=O)N(C)C[C@H]1CCCN(C(=N)N)C1)C(=O)NCCC(=O)O)S(=O)(=O)c1ccc2ccccc2c1. The Morgan fingerprint density at radius 1 is 1.19 bits per heavy atom. The van der Waals surface area contributed by atoms with Gasteiger partial charge in [0, 0.05) is 39.8 Å². The highest BCUT2D eigenvalue weighted by Crippen LogP contribution is 2.26. The van der Waals surface area contributed by atoms with Crippen molar-refractivity contribution in [2.24, 2.45) is 11.7 Å². The Morgan fingerprint density at radius 3 is 2.57 bits per heavy atom. The molecular weight excluding hydrogens is 560 g/mol. The number of benzene rings is 2. The predicted octanol–water partition coefficient (Wildman–Crippen LogP) is 2.04. The molecule has 5 N–H and O–H groups in total. The molecule has 0 radical (unpaired) electrons. The van der Waals surface area contributed by atoms with Crippen LogP contribution in [-0.2, 0) is 24.4 Å². The number of amides is 2. The van der Waals surface area contributed by atoms with Crippen LogP contribution in [0.15, 0.2) is 47.4 Å². The number of carbonyl (C=O) groups excluding carboxylic acids is 2. The molecule has 1 aliphatic heterocycles. The van der Waals surface area contributed by atoms with Crippen molar-refractivity contribution in [3.63, 3.8) is 0 Å². The van der Waals surface area contributed by atoms with Gasteiger partial charge in [0.05, 0.1) is 17.7 Å². The smallest absolute Gasteiger partial charge is 0.305 e. The molecule has 2 amide bonds. The molecule has 1 fully saturated rings. The molecule has 1 aliphatic rings. The van der Waals surface area contributed by atoms with E-state index in [9.17, 15) is 22.8 Å². The van der Waals surface area contributed by atoms with Crippen LogP contribution in [0.4, 0.5) is 0 Å². The first-order chi connectivity index (χ1) is 19.9. The topological polar surface area (TPSA) is 177 Å². The van der Waals surface area contributed by atoms with E-state index < -0.39 is 40.3 Å². The summed E-state index contributed by atoms with van der Waals surface area (Å²) >= 11 is 0. The summed E-state index contributed by atoms with van der Waals surface area (Å²) in [6.07, 6.45) is 2.04. The molecule has 2 aromatic carbocycles. The summed E-state index contributed by atoms with van der Waals surface area (Å²) in [5.41, 5.74) is 5.66. The summed E-state index contributed by atoms with van der Waals surface area (Å²) in [5, 5.41) is 20.9. The number of carboxylic acid groups (broad SMARTS) is 1. The van der Waals surface area contributed by atoms with Crippen LogP contribution >= 0.6 is 0 Å². The monoisotopic (exact) mass is 602 g/mol. The summed E-state index contributed by atoms with van der Waals surface area (Å²) in [6, 6.07) is 10.7. The van der Waals surface area contributed by atoms with E-state index in [4.69, 9.17) is 16.2 Å². The molecule has 0 aromatic heterocycles. The Kier molecular flexibility index (Phi) is 11.7. The van der Waals surface area contributed by atoms with Crippen molar-refractivity contribution in [2.45, 2.75) is 56.4 Å². The lowest BCUT2D eigenvalue weighted by Crippen LogP contribution is -2.52. The molecule has 0 saturated carbocycles. The Hall–Kier alpha value is -3.71. The highest BCUT2D eigenvalue weighted by atomic mass is 32.2. The second-order valence-electron chi connectivity index (χ2n) is 10.7. The van der Waals surface area contributed by atoms with Gasteiger partial charge in [0.15, 0.2) is 5.96 Å². The summed E-state index contributed by atoms with van der Waals surface area (Å²) in [7, 11) is -2.61. The zero-order valence-corrected chi connectivity index (χ0v) is 25.1. The average molecular weight is 603 g/mol. The van der Waals surface area contributed by atoms with Crippen molar-refractivity contribution in [1.29, 1.82) is 5.41 Å². The molecule has 0 bridgehead atoms. The van der Waals surface area contributed by atoms with Gasteiger partial charge in [-0.25, -0.2) is 8.42 Å². The predicted molar refractivity (Wildman–Crippen MR) is 160 cm³/mol. The Labute approximate surface area is 247 Å². The maximum atomic E-state index is 14.1. The van der Waals surface area contributed by atoms with Crippen LogP contribution in [0.3, 0.4) is 0 Å². The first-order valence-electron chi connectivity index (χ1n) is 14.3. The number of aliphatic carboxylic acids is 1. The van der Waals surface area contributed by atoms with Crippen molar-refractivity contribution in [1.82, 2.24) is 19.4 Å². The lowest BCUT2D eigenvalue weighted by Gasteiger charge is -2.35. The number of unbranched alkanes of at least 4 members (excludes halogenated alkanes) is 1. The van der Waals surface area contributed by atoms with Crippen LogP contribution in [0, 0.1) is 11.3 Å². The van der Waals surface area contributed by atoms with Gasteiger partial charge in [-0.05, 0) is 48.1 Å². The number of fused-ring (bicyclic) bond motifs is 1. The molecule has 230 valence electrons. The lowest BCUT2D eigenvalue weighted by atomic mass is 9.97. The molecule has 1 saturated heterocycles. The number of nitrogens with zero attached hydrogens (tertiary/aromatic N) is 3. The third kappa shape index (κ3) is 8.65. The zero-order valence-electron chi connectivity index (χ0n) is 24.3. The van der Waals surface area contributed by atoms with Crippen LogP contribution in [0.25, 0.3) is 10.8 Å². The van der Waals surface area contributed by atoms with Crippen LogP contribution < -0.4 is 11.1 Å². The Morgan fingerprint density at radius 2 is 1.90 bits per heavy atom. The number of hydrogen-bond donors (Lipinski definition) is 4. The van der Waals surface area contributed by atoms with Crippen LogP contribution in [0.1, 0.15) is 45.4 Å². The van der Waals surface area contributed by atoms with Crippen molar-refractivity contribution < 1.29 is 27.9 Å². The largest absolute Gasteiger partial charge is 0.481 e. The van der Waals surface area contributed by atoms with E-state index in [1.54, 1.807) is 30.1 Å². The summed E-state index contributed by atoms with van der Waals surface area (Å²) in [5.74, 6) is -2.20. The Balaban J connectivity index is 1.90. The van der Waals surface area contributed by atoms with Gasteiger partial charge in [0.1, 0.15) is 6.04 Å². The van der Waals surface area contributed by atoms with Crippen molar-refractivity contribution in [3.05, 3.63) is 42.5 Å². The van der Waals surface area contributed by atoms with Gasteiger partial charge in [0.2, 0.25) is 21.8 Å². The second-order valence-corrected chi connectivity index (χ2v) is 12.6. The summed E-state index contributed by atoms with van der Waals surface area (Å²) < 4.78 is 29.2. The summed E-state index contributed by atoms with van der Waals surface area (Å²) in [6.45, 7) is 3.29. The normalized spacial score (nSPS) is 16.3. The molecule has 13 heteroatoms. The van der Waals surface area contributed by atoms with E-state index in [1.807, 2.05) is 25.1 Å². The molecule has 42 heavy (non-hydrogen) atoms. The molecule has 0 spiro atoms. The van der Waals surface area contributed by atoms with Crippen molar-refractivity contribution in [2.75, 3.05) is 39.8 Å². The quantitative estimate of drug-likeness (QED) is 0.187. The highest BCUT2D eigenvalue weighted by molar-refractivity contribution is 7.89. The van der Waals surface area contributed by atoms with E-state index in [-0.39, 0.29) is 36.3 Å². The molecule has 1 heterocycles. The second kappa shape index (κ2) is 15.0. The highest BCUT2D eigenvalue weighted by Gasteiger charge is 2.38. The molecule has 2 atom stereocenters.